The highest BCUT2D eigenvalue weighted by Crippen LogP contribution is 2.24. The number of carbonyl (C=O) groups is 1. The van der Waals surface area contributed by atoms with E-state index in [1.807, 2.05) is 30.3 Å². The highest BCUT2D eigenvalue weighted by atomic mass is 32.2. The molecule has 1 aromatic carbocycles. The van der Waals surface area contributed by atoms with Crippen LogP contribution in [0.2, 0.25) is 0 Å². The van der Waals surface area contributed by atoms with Gasteiger partial charge in [-0.15, -0.1) is 6.58 Å². The van der Waals surface area contributed by atoms with Gasteiger partial charge in [0.1, 0.15) is 0 Å². The maximum Gasteiger partial charge on any atom is 0.232 e. The predicted molar refractivity (Wildman–Crippen MR) is 79.3 cm³/mol. The van der Waals surface area contributed by atoms with E-state index < -0.39 is 0 Å². The number of carbonyl (C=O) groups excluding carboxylic acids is 1. The third kappa shape index (κ3) is 2.98. The van der Waals surface area contributed by atoms with Crippen LogP contribution in [-0.2, 0) is 11.3 Å². The molecule has 1 aromatic heterocycles. The molecule has 1 amide bonds. The zero-order valence-corrected chi connectivity index (χ0v) is 12.0. The number of amides is 1. The summed E-state index contributed by atoms with van der Waals surface area (Å²) in [7, 11) is 3.52. The molecular formula is C14H17N3OS. The third-order valence-electron chi connectivity index (χ3n) is 2.75. The molecule has 0 bridgehead atoms. The molecule has 0 radical (unpaired) electrons. The molecule has 0 spiro atoms. The van der Waals surface area contributed by atoms with Crippen LogP contribution in [0.5, 0.6) is 0 Å². The number of thioether (sulfide) groups is 1. The van der Waals surface area contributed by atoms with Gasteiger partial charge in [0, 0.05) is 20.6 Å². The monoisotopic (exact) mass is 275 g/mol. The van der Waals surface area contributed by atoms with Crippen molar-refractivity contribution in [3.05, 3.63) is 36.9 Å². The zero-order chi connectivity index (χ0) is 13.8. The standard InChI is InChI=1S/C14H17N3OS/c1-4-9-17-12-8-6-5-7-11(12)15-14(17)19-10-13(18)16(2)3/h4-8H,1,9-10H2,2-3H3. The first-order chi connectivity index (χ1) is 9.13. The minimum absolute atomic E-state index is 0.0854. The molecule has 4 nitrogen and oxygen atoms in total. The Labute approximate surface area is 117 Å². The highest BCUT2D eigenvalue weighted by molar-refractivity contribution is 7.99. The lowest BCUT2D eigenvalue weighted by Crippen LogP contribution is -2.23. The van der Waals surface area contributed by atoms with Crippen molar-refractivity contribution in [1.82, 2.24) is 14.5 Å². The van der Waals surface area contributed by atoms with Gasteiger partial charge in [0.05, 0.1) is 16.8 Å². The van der Waals surface area contributed by atoms with Crippen molar-refractivity contribution in [1.29, 1.82) is 0 Å². The van der Waals surface area contributed by atoms with Gasteiger partial charge in [-0.2, -0.15) is 0 Å². The van der Waals surface area contributed by atoms with Gasteiger partial charge in [-0.25, -0.2) is 4.98 Å². The van der Waals surface area contributed by atoms with Crippen molar-refractivity contribution in [3.63, 3.8) is 0 Å². The van der Waals surface area contributed by atoms with Crippen molar-refractivity contribution >= 4 is 28.7 Å². The van der Waals surface area contributed by atoms with Gasteiger partial charge < -0.3 is 9.47 Å². The Morgan fingerprint density at radius 3 is 2.89 bits per heavy atom. The van der Waals surface area contributed by atoms with Gasteiger partial charge in [-0.1, -0.05) is 30.0 Å². The Morgan fingerprint density at radius 1 is 1.47 bits per heavy atom. The van der Waals surface area contributed by atoms with E-state index in [1.54, 1.807) is 19.0 Å². The molecule has 5 heteroatoms. The van der Waals surface area contributed by atoms with Crippen LogP contribution in [0.15, 0.2) is 42.1 Å². The van der Waals surface area contributed by atoms with E-state index in [0.717, 1.165) is 16.2 Å². The molecular weight excluding hydrogens is 258 g/mol. The third-order valence-corrected chi connectivity index (χ3v) is 3.72. The largest absolute Gasteiger partial charge is 0.348 e. The molecule has 0 N–H and O–H groups in total. The van der Waals surface area contributed by atoms with Crippen LogP contribution in [0, 0.1) is 0 Å². The molecule has 0 saturated carbocycles. The van der Waals surface area contributed by atoms with Crippen LogP contribution < -0.4 is 0 Å². The van der Waals surface area contributed by atoms with Crippen molar-refractivity contribution in [2.45, 2.75) is 11.7 Å². The minimum atomic E-state index is 0.0854. The molecule has 0 aliphatic heterocycles. The Bertz CT molecular complexity index is 604. The molecule has 0 saturated heterocycles. The first-order valence-electron chi connectivity index (χ1n) is 6.02. The molecule has 0 unspecified atom stereocenters. The predicted octanol–water partition coefficient (Wildman–Crippen LogP) is 2.40. The van der Waals surface area contributed by atoms with Crippen LogP contribution in [0.3, 0.4) is 0 Å². The fourth-order valence-corrected chi connectivity index (χ4v) is 2.73. The quantitative estimate of drug-likeness (QED) is 0.621. The van der Waals surface area contributed by atoms with E-state index in [9.17, 15) is 4.79 Å². The van der Waals surface area contributed by atoms with Gasteiger partial charge in [-0.05, 0) is 12.1 Å². The summed E-state index contributed by atoms with van der Waals surface area (Å²) >= 11 is 1.46. The number of imidazole rings is 1. The summed E-state index contributed by atoms with van der Waals surface area (Å²) in [6.07, 6.45) is 1.84. The molecule has 2 aromatic rings. The second kappa shape index (κ2) is 5.93. The van der Waals surface area contributed by atoms with Gasteiger partial charge in [0.15, 0.2) is 5.16 Å². The normalized spacial score (nSPS) is 10.6. The number of hydrogen-bond acceptors (Lipinski definition) is 3. The Kier molecular flexibility index (Phi) is 4.27. The van der Waals surface area contributed by atoms with E-state index in [2.05, 4.69) is 16.1 Å². The van der Waals surface area contributed by atoms with Crippen LogP contribution in [0.25, 0.3) is 11.0 Å². The van der Waals surface area contributed by atoms with Crippen molar-refractivity contribution in [2.24, 2.45) is 0 Å². The second-order valence-electron chi connectivity index (χ2n) is 4.36. The lowest BCUT2D eigenvalue weighted by Gasteiger charge is -2.10. The summed E-state index contributed by atoms with van der Waals surface area (Å²) in [6.45, 7) is 4.47. The number of para-hydroxylation sites is 2. The van der Waals surface area contributed by atoms with Gasteiger partial charge in [-0.3, -0.25) is 4.79 Å². The Hall–Kier alpha value is -1.75. The van der Waals surface area contributed by atoms with Crippen LogP contribution in [0.4, 0.5) is 0 Å². The topological polar surface area (TPSA) is 38.1 Å². The van der Waals surface area contributed by atoms with Crippen molar-refractivity contribution < 1.29 is 4.79 Å². The van der Waals surface area contributed by atoms with Gasteiger partial charge >= 0.3 is 0 Å². The molecule has 1 heterocycles. The number of rotatable bonds is 5. The zero-order valence-electron chi connectivity index (χ0n) is 11.2. The summed E-state index contributed by atoms with van der Waals surface area (Å²) in [5, 5.41) is 0.858. The minimum Gasteiger partial charge on any atom is -0.348 e. The van der Waals surface area contributed by atoms with Crippen molar-refractivity contribution in [3.8, 4) is 0 Å². The molecule has 0 atom stereocenters. The number of allylic oxidation sites excluding steroid dienone is 1. The van der Waals surface area contributed by atoms with E-state index in [4.69, 9.17) is 0 Å². The maximum absolute atomic E-state index is 11.6. The molecule has 2 rings (SSSR count). The Balaban J connectivity index is 2.28. The van der Waals surface area contributed by atoms with E-state index in [1.165, 1.54) is 11.8 Å². The van der Waals surface area contributed by atoms with E-state index in [-0.39, 0.29) is 5.91 Å². The average Bonchev–Trinajstić information content (AvgIpc) is 2.75. The lowest BCUT2D eigenvalue weighted by molar-refractivity contribution is -0.125. The average molecular weight is 275 g/mol. The molecule has 0 fully saturated rings. The van der Waals surface area contributed by atoms with Gasteiger partial charge in [0.2, 0.25) is 5.91 Å². The van der Waals surface area contributed by atoms with Crippen LogP contribution in [0.1, 0.15) is 0 Å². The smallest absolute Gasteiger partial charge is 0.232 e. The first-order valence-corrected chi connectivity index (χ1v) is 7.01. The summed E-state index contributed by atoms with van der Waals surface area (Å²) in [5.74, 6) is 0.482. The summed E-state index contributed by atoms with van der Waals surface area (Å²) in [4.78, 5) is 17.8. The number of benzene rings is 1. The molecule has 19 heavy (non-hydrogen) atoms. The molecule has 100 valence electrons. The fraction of sp³-hybridized carbons (Fsp3) is 0.286. The first kappa shape index (κ1) is 13.7. The summed E-state index contributed by atoms with van der Waals surface area (Å²) in [5.41, 5.74) is 2.02. The van der Waals surface area contributed by atoms with Crippen molar-refractivity contribution in [2.75, 3.05) is 19.8 Å². The van der Waals surface area contributed by atoms with Gasteiger partial charge in [0.25, 0.3) is 0 Å². The fourth-order valence-electron chi connectivity index (χ4n) is 1.72. The highest BCUT2D eigenvalue weighted by Gasteiger charge is 2.12. The van der Waals surface area contributed by atoms with Crippen LogP contribution >= 0.6 is 11.8 Å². The number of nitrogens with zero attached hydrogens (tertiary/aromatic N) is 3. The summed E-state index contributed by atoms with van der Waals surface area (Å²) in [6, 6.07) is 7.96. The molecule has 0 aliphatic rings. The van der Waals surface area contributed by atoms with E-state index in [0.29, 0.717) is 12.3 Å². The van der Waals surface area contributed by atoms with Crippen LogP contribution in [-0.4, -0.2) is 40.2 Å². The maximum atomic E-state index is 11.6. The SMILES string of the molecule is C=CCn1c(SCC(=O)N(C)C)nc2ccccc21. The second-order valence-corrected chi connectivity index (χ2v) is 5.30. The molecule has 0 aliphatic carbocycles. The number of hydrogen-bond donors (Lipinski definition) is 0. The summed E-state index contributed by atoms with van der Waals surface area (Å²) < 4.78 is 2.08. The lowest BCUT2D eigenvalue weighted by atomic mass is 10.3. The Morgan fingerprint density at radius 2 is 2.21 bits per heavy atom. The number of fused-ring (bicyclic) bond motifs is 1. The van der Waals surface area contributed by atoms with E-state index >= 15 is 0 Å². The number of aromatic nitrogens is 2.